The van der Waals surface area contributed by atoms with Crippen molar-refractivity contribution < 1.29 is 14.4 Å². The monoisotopic (exact) mass is 559 g/mol. The van der Waals surface area contributed by atoms with Crippen molar-refractivity contribution in [2.24, 2.45) is 0 Å². The van der Waals surface area contributed by atoms with Crippen LogP contribution in [-0.4, -0.2) is 67.1 Å². The van der Waals surface area contributed by atoms with Crippen LogP contribution < -0.4 is 4.90 Å². The van der Waals surface area contributed by atoms with E-state index in [1.54, 1.807) is 38.7 Å². The first-order chi connectivity index (χ1) is 20.2. The van der Waals surface area contributed by atoms with Gasteiger partial charge >= 0.3 is 6.03 Å². The molecule has 0 spiro atoms. The highest BCUT2D eigenvalue weighted by molar-refractivity contribution is 6.25. The number of piperazine rings is 1. The van der Waals surface area contributed by atoms with Crippen molar-refractivity contribution in [3.8, 4) is 6.07 Å². The van der Waals surface area contributed by atoms with Gasteiger partial charge in [-0.2, -0.15) is 10.4 Å². The number of pyridine rings is 1. The van der Waals surface area contributed by atoms with Crippen LogP contribution in [-0.2, 0) is 16.8 Å². The number of fused-ring (bicyclic) bond motifs is 6. The van der Waals surface area contributed by atoms with Crippen molar-refractivity contribution in [1.82, 2.24) is 24.6 Å². The van der Waals surface area contributed by atoms with Gasteiger partial charge in [-0.1, -0.05) is 75.4 Å². The summed E-state index contributed by atoms with van der Waals surface area (Å²) in [4.78, 5) is 50.6. The molecule has 4 amide bonds. The molecule has 2 aromatic heterocycles. The van der Waals surface area contributed by atoms with E-state index in [2.05, 4.69) is 31.8 Å². The zero-order chi connectivity index (χ0) is 29.3. The summed E-state index contributed by atoms with van der Waals surface area (Å²) in [7, 11) is 0. The molecule has 7 rings (SSSR count). The molecule has 4 aromatic rings. The topological polar surface area (TPSA) is 115 Å². The van der Waals surface area contributed by atoms with E-state index in [-0.39, 0.29) is 29.0 Å². The summed E-state index contributed by atoms with van der Waals surface area (Å²) in [5.41, 5.74) is 2.63. The summed E-state index contributed by atoms with van der Waals surface area (Å²) in [6, 6.07) is 19.0. The fourth-order valence-corrected chi connectivity index (χ4v) is 6.54. The largest absolute Gasteiger partial charge is 0.332 e. The van der Waals surface area contributed by atoms with Gasteiger partial charge in [-0.3, -0.25) is 14.3 Å². The number of nitrogens with zero attached hydrogens (tertiary/aromatic N) is 7. The van der Waals surface area contributed by atoms with Crippen molar-refractivity contribution >= 4 is 34.3 Å². The number of carbonyl (C=O) groups excluding carboxylic acids is 3. The Morgan fingerprint density at radius 3 is 2.48 bits per heavy atom. The number of urea groups is 1. The Balaban J connectivity index is 1.22. The predicted octanol–water partition coefficient (Wildman–Crippen LogP) is 4.08. The quantitative estimate of drug-likeness (QED) is 0.348. The number of likely N-dealkylation sites (tertiary alicyclic amines) is 1. The van der Waals surface area contributed by atoms with E-state index in [1.165, 1.54) is 11.1 Å². The van der Waals surface area contributed by atoms with Crippen LogP contribution in [0.5, 0.6) is 0 Å². The number of benzene rings is 2. The molecule has 210 valence electrons. The van der Waals surface area contributed by atoms with Gasteiger partial charge in [0.25, 0.3) is 11.8 Å². The molecule has 2 bridgehead atoms. The molecule has 10 heteroatoms. The van der Waals surface area contributed by atoms with Crippen LogP contribution in [0.25, 0.3) is 10.8 Å². The minimum absolute atomic E-state index is 0.190. The second-order valence-corrected chi connectivity index (χ2v) is 12.2. The van der Waals surface area contributed by atoms with Crippen LogP contribution in [0.3, 0.4) is 0 Å². The van der Waals surface area contributed by atoms with E-state index in [0.717, 1.165) is 11.3 Å². The molecule has 1 unspecified atom stereocenters. The number of aromatic nitrogens is 3. The van der Waals surface area contributed by atoms with Crippen LogP contribution in [0.1, 0.15) is 54.6 Å². The lowest BCUT2D eigenvalue weighted by atomic mass is 9.92. The maximum Gasteiger partial charge on any atom is 0.332 e. The number of hydrogen-bond donors (Lipinski definition) is 0. The highest BCUT2D eigenvalue weighted by Gasteiger charge is 2.63. The Kier molecular flexibility index (Phi) is 5.70. The van der Waals surface area contributed by atoms with E-state index in [1.807, 2.05) is 36.4 Å². The second kappa shape index (κ2) is 9.24. The van der Waals surface area contributed by atoms with Crippen molar-refractivity contribution in [2.75, 3.05) is 11.4 Å². The Bertz CT molecular complexity index is 1820. The van der Waals surface area contributed by atoms with Gasteiger partial charge in [0.15, 0.2) is 0 Å². The number of imide groups is 1. The van der Waals surface area contributed by atoms with Crippen molar-refractivity contribution in [3.63, 3.8) is 0 Å². The molecule has 0 radical (unpaired) electrons. The lowest BCUT2D eigenvalue weighted by molar-refractivity contribution is -0.121. The number of carbonyl (C=O) groups is 3. The summed E-state index contributed by atoms with van der Waals surface area (Å²) in [6.07, 6.45) is 1.97. The summed E-state index contributed by atoms with van der Waals surface area (Å²) >= 11 is 0. The summed E-state index contributed by atoms with van der Waals surface area (Å²) in [5.74, 6) is -0.569. The average molecular weight is 560 g/mol. The Morgan fingerprint density at radius 2 is 1.76 bits per heavy atom. The number of hydrogen-bond acceptors (Lipinski definition) is 6. The van der Waals surface area contributed by atoms with Gasteiger partial charge in [0.1, 0.15) is 23.5 Å². The number of amides is 4. The molecule has 42 heavy (non-hydrogen) atoms. The third kappa shape index (κ3) is 3.80. The molecule has 2 aromatic carbocycles. The van der Waals surface area contributed by atoms with Crippen LogP contribution in [0.4, 0.5) is 10.5 Å². The van der Waals surface area contributed by atoms with Gasteiger partial charge in [-0.25, -0.2) is 14.7 Å². The predicted molar refractivity (Wildman–Crippen MR) is 155 cm³/mol. The molecule has 0 saturated carbocycles. The summed E-state index contributed by atoms with van der Waals surface area (Å²) < 4.78 is 1.75. The van der Waals surface area contributed by atoms with E-state index in [9.17, 15) is 19.6 Å². The smallest absolute Gasteiger partial charge is 0.330 e. The zero-order valence-corrected chi connectivity index (χ0v) is 23.6. The molecular formula is C32H29N7O3. The maximum absolute atomic E-state index is 14.2. The molecule has 0 aliphatic carbocycles. The van der Waals surface area contributed by atoms with Crippen LogP contribution >= 0.6 is 0 Å². The molecular weight excluding hydrogens is 530 g/mol. The number of rotatable bonds is 4. The third-order valence-corrected chi connectivity index (χ3v) is 8.59. The maximum atomic E-state index is 14.2. The minimum atomic E-state index is -0.776. The fourth-order valence-electron chi connectivity index (χ4n) is 6.54. The molecule has 5 heterocycles. The van der Waals surface area contributed by atoms with E-state index < -0.39 is 18.1 Å². The summed E-state index contributed by atoms with van der Waals surface area (Å²) in [6.45, 7) is 6.97. The van der Waals surface area contributed by atoms with Gasteiger partial charge in [0.2, 0.25) is 0 Å². The molecule has 3 atom stereocenters. The van der Waals surface area contributed by atoms with Crippen molar-refractivity contribution in [3.05, 3.63) is 89.5 Å². The van der Waals surface area contributed by atoms with Gasteiger partial charge in [-0.05, 0) is 18.1 Å². The van der Waals surface area contributed by atoms with Crippen LogP contribution in [0, 0.1) is 11.3 Å². The minimum Gasteiger partial charge on any atom is -0.330 e. The van der Waals surface area contributed by atoms with Crippen molar-refractivity contribution in [2.45, 2.75) is 57.3 Å². The number of nitriles is 1. The highest BCUT2D eigenvalue weighted by Crippen LogP contribution is 2.44. The SMILES string of the molecule is CC(C)(C)c1cc(C(=O)N2C[C@H]3CC2[C@@H]2C(=O)N(c4cnc(C#N)c5ccccc45)C(=O)N32)n(Cc2ccccc2)n1. The van der Waals surface area contributed by atoms with Crippen LogP contribution in [0.15, 0.2) is 66.9 Å². The van der Waals surface area contributed by atoms with Gasteiger partial charge in [-0.15, -0.1) is 0 Å². The van der Waals surface area contributed by atoms with Gasteiger partial charge < -0.3 is 9.80 Å². The molecule has 0 N–H and O–H groups in total. The molecule has 3 aliphatic rings. The second-order valence-electron chi connectivity index (χ2n) is 12.2. The van der Waals surface area contributed by atoms with E-state index in [4.69, 9.17) is 5.10 Å². The molecule has 3 aliphatic heterocycles. The number of anilines is 1. The van der Waals surface area contributed by atoms with E-state index >= 15 is 0 Å². The molecule has 3 saturated heterocycles. The first-order valence-corrected chi connectivity index (χ1v) is 14.0. The zero-order valence-electron chi connectivity index (χ0n) is 23.6. The molecule has 10 nitrogen and oxygen atoms in total. The highest BCUT2D eigenvalue weighted by atomic mass is 16.2. The van der Waals surface area contributed by atoms with Crippen LogP contribution in [0.2, 0.25) is 0 Å². The Labute approximate surface area is 242 Å². The molecule has 3 fully saturated rings. The fraction of sp³-hybridized carbons (Fsp3) is 0.312. The van der Waals surface area contributed by atoms with Gasteiger partial charge in [0.05, 0.1) is 36.2 Å². The third-order valence-electron chi connectivity index (χ3n) is 8.59. The lowest BCUT2D eigenvalue weighted by Crippen LogP contribution is -2.55. The van der Waals surface area contributed by atoms with E-state index in [0.29, 0.717) is 41.7 Å². The standard InChI is InChI=1S/C32H29N7O3/c1-32(2,3)27-14-25(37(35-27)17-19-9-5-4-6-10-19)29(40)36-18-20-13-24(36)28-30(41)39(31(42)38(20)28)26-16-34-23(15-33)21-11-7-8-12-22(21)26/h4-12,14,16,20,24,28H,13,17-18H2,1-3H3/t20-,24?,28-/m1/s1. The van der Waals surface area contributed by atoms with Gasteiger partial charge in [0, 0.05) is 22.7 Å². The van der Waals surface area contributed by atoms with Crippen molar-refractivity contribution in [1.29, 1.82) is 5.26 Å². The first-order valence-electron chi connectivity index (χ1n) is 14.0. The average Bonchev–Trinajstić information content (AvgIpc) is 3.75. The first kappa shape index (κ1) is 25.9. The Morgan fingerprint density at radius 1 is 1.05 bits per heavy atom. The lowest BCUT2D eigenvalue weighted by Gasteiger charge is -2.34. The summed E-state index contributed by atoms with van der Waals surface area (Å²) in [5, 5.41) is 15.5. The Hall–Kier alpha value is -5.04. The normalized spacial score (nSPS) is 21.4.